The molecule has 3 nitrogen and oxygen atoms in total. The van der Waals surface area contributed by atoms with Crippen LogP contribution in [-0.2, 0) is 4.74 Å². The molecule has 0 amide bonds. The fraction of sp³-hybridized carbons (Fsp3) is 0.929. The molecule has 18 heavy (non-hydrogen) atoms. The van der Waals surface area contributed by atoms with E-state index in [0.717, 1.165) is 30.6 Å². The van der Waals surface area contributed by atoms with Gasteiger partial charge in [-0.05, 0) is 37.5 Å². The van der Waals surface area contributed by atoms with E-state index in [0.29, 0.717) is 12.1 Å². The van der Waals surface area contributed by atoms with Crippen molar-refractivity contribution in [2.75, 3.05) is 19.5 Å². The van der Waals surface area contributed by atoms with Gasteiger partial charge < -0.3 is 10.1 Å². The minimum Gasteiger partial charge on any atom is -0.385 e. The van der Waals surface area contributed by atoms with E-state index in [9.17, 15) is 0 Å². The molecule has 4 atom stereocenters. The minimum atomic E-state index is 0.456. The number of nitrogens with one attached hydrogen (secondary N) is 1. The highest BCUT2D eigenvalue weighted by Gasteiger charge is 2.26. The summed E-state index contributed by atoms with van der Waals surface area (Å²) in [5.41, 5.74) is 0. The molecule has 1 fully saturated rings. The van der Waals surface area contributed by atoms with E-state index in [-0.39, 0.29) is 0 Å². The van der Waals surface area contributed by atoms with E-state index in [2.05, 4.69) is 19.2 Å². The molecule has 0 aromatic carbocycles. The normalized spacial score (nSPS) is 36.5. The predicted octanol–water partition coefficient (Wildman–Crippen LogP) is 2.91. The van der Waals surface area contributed by atoms with Crippen LogP contribution in [0.1, 0.15) is 39.5 Å². The van der Waals surface area contributed by atoms with Crippen molar-refractivity contribution in [3.63, 3.8) is 0 Å². The second-order valence-electron chi connectivity index (χ2n) is 5.79. The lowest BCUT2D eigenvalue weighted by Crippen LogP contribution is -2.38. The molecule has 104 valence electrons. The van der Waals surface area contributed by atoms with Crippen molar-refractivity contribution >= 4 is 16.9 Å². The van der Waals surface area contributed by atoms with Crippen LogP contribution < -0.4 is 5.32 Å². The highest BCUT2D eigenvalue weighted by atomic mass is 32.2. The predicted molar refractivity (Wildman–Crippen MR) is 79.3 cm³/mol. The molecule has 1 aliphatic heterocycles. The molecule has 1 heterocycles. The lowest BCUT2D eigenvalue weighted by Gasteiger charge is -2.32. The number of nitrogens with zero attached hydrogens (tertiary/aromatic N) is 1. The Labute approximate surface area is 115 Å². The van der Waals surface area contributed by atoms with Crippen LogP contribution in [0.5, 0.6) is 0 Å². The van der Waals surface area contributed by atoms with Crippen molar-refractivity contribution in [3.8, 4) is 0 Å². The first-order valence-corrected chi connectivity index (χ1v) is 8.13. The molecule has 0 aromatic rings. The van der Waals surface area contributed by atoms with Gasteiger partial charge >= 0.3 is 0 Å². The van der Waals surface area contributed by atoms with Gasteiger partial charge in [-0.2, -0.15) is 0 Å². The number of hydrogen-bond acceptors (Lipinski definition) is 4. The molecule has 0 aromatic heterocycles. The van der Waals surface area contributed by atoms with Gasteiger partial charge in [-0.1, -0.05) is 25.6 Å². The second-order valence-corrected chi connectivity index (χ2v) is 6.80. The van der Waals surface area contributed by atoms with Gasteiger partial charge in [0.25, 0.3) is 0 Å². The highest BCUT2D eigenvalue weighted by Crippen LogP contribution is 2.30. The zero-order valence-corrected chi connectivity index (χ0v) is 12.6. The molecule has 0 radical (unpaired) electrons. The Bertz CT molecular complexity index is 296. The maximum atomic E-state index is 5.12. The largest absolute Gasteiger partial charge is 0.385 e. The van der Waals surface area contributed by atoms with Crippen molar-refractivity contribution < 1.29 is 4.74 Å². The maximum Gasteiger partial charge on any atom is 0.157 e. The lowest BCUT2D eigenvalue weighted by atomic mass is 9.79. The summed E-state index contributed by atoms with van der Waals surface area (Å²) in [6.07, 6.45) is 4.99. The standard InChI is InChI=1S/C14H26N2OS/c1-10-4-5-12(8-11(10)2)15-14-16-13(9-18-14)6-7-17-3/h10-13H,4-9H2,1-3H3,(H,15,16). The van der Waals surface area contributed by atoms with Crippen molar-refractivity contribution in [2.45, 2.75) is 51.6 Å². The molecule has 0 saturated heterocycles. The van der Waals surface area contributed by atoms with Crippen molar-refractivity contribution in [2.24, 2.45) is 16.8 Å². The summed E-state index contributed by atoms with van der Waals surface area (Å²) >= 11 is 1.88. The van der Waals surface area contributed by atoms with E-state index in [1.165, 1.54) is 24.4 Å². The number of aliphatic imine (C=N–C) groups is 1. The Kier molecular flexibility index (Phi) is 5.37. The number of amidine groups is 1. The van der Waals surface area contributed by atoms with Crippen molar-refractivity contribution in [1.29, 1.82) is 0 Å². The molecule has 1 aliphatic carbocycles. The molecule has 4 heteroatoms. The smallest absolute Gasteiger partial charge is 0.157 e. The topological polar surface area (TPSA) is 33.6 Å². The molecule has 2 aliphatic rings. The van der Waals surface area contributed by atoms with Gasteiger partial charge in [0.05, 0.1) is 6.04 Å². The first-order valence-electron chi connectivity index (χ1n) is 7.15. The molecule has 2 rings (SSSR count). The van der Waals surface area contributed by atoms with Gasteiger partial charge in [0.1, 0.15) is 0 Å². The fourth-order valence-corrected chi connectivity index (χ4v) is 3.81. The van der Waals surface area contributed by atoms with E-state index in [1.54, 1.807) is 7.11 Å². The monoisotopic (exact) mass is 270 g/mol. The number of rotatable bonds is 4. The van der Waals surface area contributed by atoms with Crippen LogP contribution in [0.15, 0.2) is 4.99 Å². The summed E-state index contributed by atoms with van der Waals surface area (Å²) < 4.78 is 5.12. The SMILES string of the molecule is COCCC1CSC(NC2CCC(C)C(C)C2)=N1. The van der Waals surface area contributed by atoms with Gasteiger partial charge in [-0.15, -0.1) is 0 Å². The van der Waals surface area contributed by atoms with Crippen molar-refractivity contribution in [3.05, 3.63) is 0 Å². The van der Waals surface area contributed by atoms with Crippen LogP contribution in [0.25, 0.3) is 0 Å². The summed E-state index contributed by atoms with van der Waals surface area (Å²) in [6.45, 7) is 5.58. The maximum absolute atomic E-state index is 5.12. The number of hydrogen-bond donors (Lipinski definition) is 1. The van der Waals surface area contributed by atoms with Crippen LogP contribution in [0.2, 0.25) is 0 Å². The van der Waals surface area contributed by atoms with Crippen LogP contribution >= 0.6 is 11.8 Å². The minimum absolute atomic E-state index is 0.456. The third kappa shape index (κ3) is 3.89. The summed E-state index contributed by atoms with van der Waals surface area (Å²) in [6, 6.07) is 1.10. The van der Waals surface area contributed by atoms with Gasteiger partial charge in [0.2, 0.25) is 0 Å². The number of methoxy groups -OCH3 is 1. The summed E-state index contributed by atoms with van der Waals surface area (Å²) in [5.74, 6) is 2.84. The molecule has 0 spiro atoms. The Morgan fingerprint density at radius 2 is 2.17 bits per heavy atom. The number of ether oxygens (including phenoxy) is 1. The Morgan fingerprint density at radius 3 is 2.89 bits per heavy atom. The van der Waals surface area contributed by atoms with Crippen LogP contribution in [0.4, 0.5) is 0 Å². The van der Waals surface area contributed by atoms with Crippen LogP contribution in [0, 0.1) is 11.8 Å². The van der Waals surface area contributed by atoms with E-state index in [1.807, 2.05) is 11.8 Å². The van der Waals surface area contributed by atoms with Gasteiger partial charge in [0, 0.05) is 25.5 Å². The molecule has 0 bridgehead atoms. The van der Waals surface area contributed by atoms with Crippen molar-refractivity contribution in [1.82, 2.24) is 5.32 Å². The molecular weight excluding hydrogens is 244 g/mol. The first kappa shape index (κ1) is 14.2. The van der Waals surface area contributed by atoms with E-state index in [4.69, 9.17) is 9.73 Å². The zero-order valence-electron chi connectivity index (χ0n) is 11.8. The zero-order chi connectivity index (χ0) is 13.0. The quantitative estimate of drug-likeness (QED) is 0.853. The van der Waals surface area contributed by atoms with Gasteiger partial charge in [-0.25, -0.2) is 0 Å². The highest BCUT2D eigenvalue weighted by molar-refractivity contribution is 8.14. The summed E-state index contributed by atoms with van der Waals surface area (Å²) in [5, 5.41) is 4.82. The molecule has 1 N–H and O–H groups in total. The van der Waals surface area contributed by atoms with E-state index < -0.39 is 0 Å². The average Bonchev–Trinajstić information content (AvgIpc) is 2.79. The van der Waals surface area contributed by atoms with Crippen LogP contribution in [0.3, 0.4) is 0 Å². The van der Waals surface area contributed by atoms with Crippen LogP contribution in [-0.4, -0.2) is 36.7 Å². The Hall–Kier alpha value is -0.220. The van der Waals surface area contributed by atoms with E-state index >= 15 is 0 Å². The average molecular weight is 270 g/mol. The lowest BCUT2D eigenvalue weighted by molar-refractivity contribution is 0.190. The molecule has 4 unspecified atom stereocenters. The number of thioether (sulfide) groups is 1. The van der Waals surface area contributed by atoms with Gasteiger partial charge in [-0.3, -0.25) is 4.99 Å². The third-order valence-corrected chi connectivity index (χ3v) is 5.34. The third-order valence-electron chi connectivity index (χ3n) is 4.29. The second kappa shape index (κ2) is 6.80. The molecular formula is C14H26N2OS. The summed E-state index contributed by atoms with van der Waals surface area (Å²) in [4.78, 5) is 4.75. The van der Waals surface area contributed by atoms with Gasteiger partial charge in [0.15, 0.2) is 5.17 Å². The Balaban J connectivity index is 1.76. The fourth-order valence-electron chi connectivity index (χ4n) is 2.75. The first-order chi connectivity index (χ1) is 8.69. The summed E-state index contributed by atoms with van der Waals surface area (Å²) in [7, 11) is 1.76. The Morgan fingerprint density at radius 1 is 1.33 bits per heavy atom. The molecule has 1 saturated carbocycles.